The first-order valence-corrected chi connectivity index (χ1v) is 9.00. The number of benzene rings is 1. The Morgan fingerprint density at radius 3 is 2.43 bits per heavy atom. The highest BCUT2D eigenvalue weighted by Crippen LogP contribution is 2.39. The number of rotatable bonds is 5. The molecule has 1 unspecified atom stereocenters. The predicted molar refractivity (Wildman–Crippen MR) is 82.5 cm³/mol. The Balaban J connectivity index is 2.36. The molecule has 1 heterocycles. The van der Waals surface area contributed by atoms with Gasteiger partial charge in [-0.1, -0.05) is 17.4 Å². The van der Waals surface area contributed by atoms with Crippen molar-refractivity contribution < 1.29 is 22.1 Å². The van der Waals surface area contributed by atoms with Crippen LogP contribution in [0.3, 0.4) is 0 Å². The van der Waals surface area contributed by atoms with Crippen molar-refractivity contribution >= 4 is 31.9 Å². The van der Waals surface area contributed by atoms with Gasteiger partial charge in [0.2, 0.25) is 0 Å². The van der Waals surface area contributed by atoms with Crippen LogP contribution in [0.4, 0.5) is 19.5 Å². The number of hydrogen-bond donors (Lipinski definition) is 1. The molecule has 0 saturated heterocycles. The van der Waals surface area contributed by atoms with Crippen LogP contribution in [-0.2, 0) is 9.84 Å². The number of thiophene rings is 1. The highest BCUT2D eigenvalue weighted by molar-refractivity contribution is 7.92. The monoisotopic (exact) mass is 362 g/mol. The van der Waals surface area contributed by atoms with Crippen LogP contribution in [0, 0.1) is 21.7 Å². The quantitative estimate of drug-likeness (QED) is 0.649. The van der Waals surface area contributed by atoms with Gasteiger partial charge in [0, 0.05) is 18.4 Å². The zero-order valence-corrected chi connectivity index (χ0v) is 13.7. The van der Waals surface area contributed by atoms with E-state index in [-0.39, 0.29) is 14.9 Å². The molecule has 6 nitrogen and oxygen atoms in total. The highest BCUT2D eigenvalue weighted by Gasteiger charge is 2.25. The molecule has 1 N–H and O–H groups in total. The summed E-state index contributed by atoms with van der Waals surface area (Å²) in [6, 6.07) is 3.65. The lowest BCUT2D eigenvalue weighted by atomic mass is 10.1. The summed E-state index contributed by atoms with van der Waals surface area (Å²) in [5.41, 5.74) is -0.0163. The topological polar surface area (TPSA) is 89.3 Å². The molecule has 1 aromatic carbocycles. The summed E-state index contributed by atoms with van der Waals surface area (Å²) in [6.45, 7) is 1.59. The maximum Gasteiger partial charge on any atom is 0.304 e. The summed E-state index contributed by atoms with van der Waals surface area (Å²) in [5, 5.41) is 13.9. The zero-order chi connectivity index (χ0) is 17.4. The van der Waals surface area contributed by atoms with E-state index in [4.69, 9.17) is 0 Å². The van der Waals surface area contributed by atoms with E-state index in [9.17, 15) is 27.3 Å². The minimum absolute atomic E-state index is 0.0349. The van der Waals surface area contributed by atoms with Gasteiger partial charge in [-0.2, -0.15) is 0 Å². The third-order valence-corrected chi connectivity index (χ3v) is 5.90. The van der Waals surface area contributed by atoms with Gasteiger partial charge in [0.1, 0.15) is 4.21 Å². The number of anilines is 1. The van der Waals surface area contributed by atoms with Crippen LogP contribution in [0.5, 0.6) is 0 Å². The van der Waals surface area contributed by atoms with Crippen molar-refractivity contribution in [2.45, 2.75) is 17.2 Å². The molecule has 0 aliphatic heterocycles. The van der Waals surface area contributed by atoms with Crippen molar-refractivity contribution in [2.24, 2.45) is 0 Å². The van der Waals surface area contributed by atoms with Crippen molar-refractivity contribution in [2.75, 3.05) is 11.6 Å². The Kier molecular flexibility index (Phi) is 4.66. The van der Waals surface area contributed by atoms with Crippen molar-refractivity contribution in [1.29, 1.82) is 0 Å². The molecule has 0 amide bonds. The van der Waals surface area contributed by atoms with Crippen LogP contribution in [0.1, 0.15) is 18.5 Å². The molecule has 23 heavy (non-hydrogen) atoms. The van der Waals surface area contributed by atoms with Gasteiger partial charge < -0.3 is 5.32 Å². The number of nitrogens with zero attached hydrogens (tertiary/aromatic N) is 1. The van der Waals surface area contributed by atoms with Crippen LogP contribution < -0.4 is 5.32 Å². The van der Waals surface area contributed by atoms with Crippen molar-refractivity contribution in [3.63, 3.8) is 0 Å². The fourth-order valence-electron chi connectivity index (χ4n) is 1.84. The van der Waals surface area contributed by atoms with Crippen LogP contribution in [0.15, 0.2) is 28.5 Å². The summed E-state index contributed by atoms with van der Waals surface area (Å²) in [4.78, 5) is 10.3. The molecule has 0 radical (unpaired) electrons. The van der Waals surface area contributed by atoms with Gasteiger partial charge in [0.05, 0.1) is 4.92 Å². The summed E-state index contributed by atoms with van der Waals surface area (Å²) in [7, 11) is -3.59. The number of nitrogens with one attached hydrogen (secondary N) is 1. The normalized spacial score (nSPS) is 12.9. The third-order valence-electron chi connectivity index (χ3n) is 3.04. The van der Waals surface area contributed by atoms with E-state index in [0.717, 1.165) is 24.5 Å². The fourth-order valence-corrected chi connectivity index (χ4v) is 3.87. The van der Waals surface area contributed by atoms with Gasteiger partial charge in [-0.15, -0.1) is 0 Å². The molecule has 0 saturated carbocycles. The van der Waals surface area contributed by atoms with E-state index >= 15 is 0 Å². The Hall–Kier alpha value is -2.07. The summed E-state index contributed by atoms with van der Waals surface area (Å²) >= 11 is 0.717. The predicted octanol–water partition coefficient (Wildman–Crippen LogP) is 3.51. The van der Waals surface area contributed by atoms with Crippen LogP contribution in [0.25, 0.3) is 0 Å². The Morgan fingerprint density at radius 1 is 1.26 bits per heavy atom. The SMILES string of the molecule is CC(Nc1sc(S(C)(=O)=O)cc1[N+](=O)[O-])c1ccc(F)c(F)c1. The first kappa shape index (κ1) is 17.3. The minimum atomic E-state index is -3.59. The zero-order valence-electron chi connectivity index (χ0n) is 12.0. The number of nitro groups is 1. The molecule has 124 valence electrons. The van der Waals surface area contributed by atoms with Gasteiger partial charge >= 0.3 is 5.69 Å². The van der Waals surface area contributed by atoms with E-state index in [0.29, 0.717) is 16.9 Å². The summed E-state index contributed by atoms with van der Waals surface area (Å²) in [6.07, 6.45) is 0.950. The fraction of sp³-hybridized carbons (Fsp3) is 0.231. The van der Waals surface area contributed by atoms with E-state index in [1.807, 2.05) is 0 Å². The molecule has 0 aliphatic rings. The molecule has 0 spiro atoms. The second-order valence-electron chi connectivity index (χ2n) is 4.85. The largest absolute Gasteiger partial charge is 0.365 e. The molecule has 0 bridgehead atoms. The lowest BCUT2D eigenvalue weighted by Gasteiger charge is -2.14. The standard InChI is InChI=1S/C13H12F2N2O4S2/c1-7(8-3-4-9(14)10(15)5-8)16-13-11(17(18)19)6-12(22-13)23(2,20)21/h3-7,16H,1-2H3. The lowest BCUT2D eigenvalue weighted by molar-refractivity contribution is -0.383. The molecular weight excluding hydrogens is 350 g/mol. The Labute approximate surface area is 134 Å². The average Bonchev–Trinajstić information content (AvgIpc) is 2.86. The van der Waals surface area contributed by atoms with Gasteiger partial charge in [0.25, 0.3) is 0 Å². The molecule has 1 aromatic heterocycles. The third kappa shape index (κ3) is 3.82. The molecule has 2 aromatic rings. The van der Waals surface area contributed by atoms with E-state index in [2.05, 4.69) is 5.32 Å². The first-order valence-electron chi connectivity index (χ1n) is 6.29. The molecular formula is C13H12F2N2O4S2. The van der Waals surface area contributed by atoms with Gasteiger partial charge in [0.15, 0.2) is 26.5 Å². The van der Waals surface area contributed by atoms with Crippen molar-refractivity contribution in [3.05, 3.63) is 51.6 Å². The van der Waals surface area contributed by atoms with E-state index < -0.39 is 32.4 Å². The lowest BCUT2D eigenvalue weighted by Crippen LogP contribution is -2.07. The van der Waals surface area contributed by atoms with Crippen molar-refractivity contribution in [3.8, 4) is 0 Å². The van der Waals surface area contributed by atoms with Gasteiger partial charge in [-0.05, 0) is 24.6 Å². The van der Waals surface area contributed by atoms with Crippen molar-refractivity contribution in [1.82, 2.24) is 0 Å². The highest BCUT2D eigenvalue weighted by atomic mass is 32.2. The molecule has 0 aliphatic carbocycles. The van der Waals surface area contributed by atoms with Crippen LogP contribution >= 0.6 is 11.3 Å². The minimum Gasteiger partial charge on any atom is -0.365 e. The molecule has 0 fully saturated rings. The molecule has 2 rings (SSSR count). The van der Waals surface area contributed by atoms with Gasteiger partial charge in [-0.3, -0.25) is 10.1 Å². The molecule has 1 atom stereocenters. The van der Waals surface area contributed by atoms with Crippen LogP contribution in [0.2, 0.25) is 0 Å². The maximum absolute atomic E-state index is 13.3. The number of sulfone groups is 1. The smallest absolute Gasteiger partial charge is 0.304 e. The van der Waals surface area contributed by atoms with Crippen LogP contribution in [-0.4, -0.2) is 19.6 Å². The Morgan fingerprint density at radius 2 is 1.91 bits per heavy atom. The van der Waals surface area contributed by atoms with E-state index in [1.165, 1.54) is 6.07 Å². The second kappa shape index (κ2) is 6.20. The first-order chi connectivity index (χ1) is 10.6. The number of hydrogen-bond acceptors (Lipinski definition) is 6. The molecule has 10 heteroatoms. The van der Waals surface area contributed by atoms with E-state index in [1.54, 1.807) is 6.92 Å². The maximum atomic E-state index is 13.3. The summed E-state index contributed by atoms with van der Waals surface area (Å²) < 4.78 is 49.1. The Bertz CT molecular complexity index is 865. The van der Waals surface area contributed by atoms with Gasteiger partial charge in [-0.25, -0.2) is 17.2 Å². The number of halogens is 2. The summed E-state index contributed by atoms with van der Waals surface area (Å²) in [5.74, 6) is -2.03. The second-order valence-corrected chi connectivity index (χ2v) is 8.14. The average molecular weight is 362 g/mol.